The molecule has 0 aliphatic heterocycles. The van der Waals surface area contributed by atoms with Crippen molar-refractivity contribution in [2.45, 2.75) is 26.7 Å². The summed E-state index contributed by atoms with van der Waals surface area (Å²) in [5.41, 5.74) is 3.22. The molecule has 0 aliphatic carbocycles. The van der Waals surface area contributed by atoms with E-state index in [-0.39, 0.29) is 0 Å². The van der Waals surface area contributed by atoms with E-state index >= 15 is 0 Å². The van der Waals surface area contributed by atoms with Crippen LogP contribution in [0.4, 0.5) is 5.82 Å². The number of aliphatic imine (C=N–C) groups is 1. The van der Waals surface area contributed by atoms with Crippen molar-refractivity contribution in [2.75, 3.05) is 0 Å². The number of aromatic amines is 1. The smallest absolute Gasteiger partial charge is 0.137 e. The zero-order valence-corrected chi connectivity index (χ0v) is 10.5. The molecule has 0 saturated carbocycles. The summed E-state index contributed by atoms with van der Waals surface area (Å²) in [5.74, 6) is 1.20. The van der Waals surface area contributed by atoms with Crippen molar-refractivity contribution in [3.8, 4) is 0 Å². The second kappa shape index (κ2) is 4.53. The van der Waals surface area contributed by atoms with Gasteiger partial charge >= 0.3 is 0 Å². The zero-order valence-electron chi connectivity index (χ0n) is 10.5. The van der Waals surface area contributed by atoms with E-state index in [0.717, 1.165) is 28.0 Å². The molecule has 0 aliphatic rings. The molecular weight excluding hydrogens is 210 g/mol. The Morgan fingerprint density at radius 1 is 1.47 bits per heavy atom. The Balaban J connectivity index is 2.81. The molecule has 0 atom stereocenters. The molecule has 0 aromatic carbocycles. The van der Waals surface area contributed by atoms with Gasteiger partial charge in [-0.25, -0.2) is 4.99 Å². The van der Waals surface area contributed by atoms with Crippen molar-refractivity contribution in [1.29, 1.82) is 0 Å². The van der Waals surface area contributed by atoms with Crippen LogP contribution in [-0.2, 0) is 0 Å². The average molecular weight is 227 g/mol. The molecule has 2 aromatic rings. The maximum atomic E-state index is 4.44. The van der Waals surface area contributed by atoms with Gasteiger partial charge in [-0.2, -0.15) is 0 Å². The Morgan fingerprint density at radius 3 is 2.82 bits per heavy atom. The number of pyridine rings is 1. The molecule has 1 N–H and O–H groups in total. The first-order chi connectivity index (χ1) is 8.19. The fourth-order valence-electron chi connectivity index (χ4n) is 2.04. The van der Waals surface area contributed by atoms with Gasteiger partial charge in [-0.05, 0) is 25.6 Å². The van der Waals surface area contributed by atoms with Gasteiger partial charge in [0.25, 0.3) is 0 Å². The fourth-order valence-corrected chi connectivity index (χ4v) is 2.04. The van der Waals surface area contributed by atoms with Crippen molar-refractivity contribution in [3.05, 3.63) is 29.6 Å². The third kappa shape index (κ3) is 1.88. The van der Waals surface area contributed by atoms with Crippen molar-refractivity contribution in [1.82, 2.24) is 9.97 Å². The molecule has 0 radical (unpaired) electrons. The molecule has 0 fully saturated rings. The van der Waals surface area contributed by atoms with E-state index < -0.39 is 0 Å². The molecule has 3 nitrogen and oxygen atoms in total. The lowest BCUT2D eigenvalue weighted by molar-refractivity contribution is 0.831. The Hall–Kier alpha value is -1.90. The molecule has 0 amide bonds. The highest BCUT2D eigenvalue weighted by molar-refractivity contribution is 5.95. The van der Waals surface area contributed by atoms with E-state index in [0.29, 0.717) is 5.92 Å². The van der Waals surface area contributed by atoms with Crippen molar-refractivity contribution < 1.29 is 0 Å². The van der Waals surface area contributed by atoms with Gasteiger partial charge in [-0.1, -0.05) is 26.0 Å². The lowest BCUT2D eigenvalue weighted by Crippen LogP contribution is -1.92. The van der Waals surface area contributed by atoms with Crippen molar-refractivity contribution in [2.24, 2.45) is 4.99 Å². The quantitative estimate of drug-likeness (QED) is 0.789. The molecule has 2 aromatic heterocycles. The zero-order chi connectivity index (χ0) is 12.4. The standard InChI is InChI=1S/C14H17N3/c1-5-6-11-10-7-8-16-12(9(2)3)13(10)17-14(11)15-4/h5-9,17H,4H2,1-3H3/b6-5-. The molecule has 0 unspecified atom stereocenters. The molecule has 0 saturated heterocycles. The van der Waals surface area contributed by atoms with E-state index in [1.807, 2.05) is 31.3 Å². The topological polar surface area (TPSA) is 41.0 Å². The number of hydrogen-bond acceptors (Lipinski definition) is 2. The Morgan fingerprint density at radius 2 is 2.24 bits per heavy atom. The fraction of sp³-hybridized carbons (Fsp3) is 0.286. The van der Waals surface area contributed by atoms with Gasteiger partial charge in [-0.15, -0.1) is 0 Å². The number of nitrogens with one attached hydrogen (secondary N) is 1. The van der Waals surface area contributed by atoms with Crippen LogP contribution in [0.1, 0.15) is 37.9 Å². The molecule has 0 bridgehead atoms. The van der Waals surface area contributed by atoms with Gasteiger partial charge in [0.1, 0.15) is 5.82 Å². The predicted molar refractivity (Wildman–Crippen MR) is 74.1 cm³/mol. The lowest BCUT2D eigenvalue weighted by Gasteiger charge is -2.04. The van der Waals surface area contributed by atoms with Gasteiger partial charge in [-0.3, -0.25) is 4.98 Å². The second-order valence-electron chi connectivity index (χ2n) is 4.32. The first-order valence-corrected chi connectivity index (χ1v) is 5.79. The van der Waals surface area contributed by atoms with Crippen molar-refractivity contribution >= 4 is 29.5 Å². The number of rotatable bonds is 3. The van der Waals surface area contributed by atoms with Gasteiger partial charge in [0.2, 0.25) is 0 Å². The highest BCUT2D eigenvalue weighted by Crippen LogP contribution is 2.32. The molecular formula is C14H17N3. The SMILES string of the molecule is C=Nc1[nH]c2c(C(C)C)nccc2c1/C=C\C. The summed E-state index contributed by atoms with van der Waals surface area (Å²) in [6.07, 6.45) is 5.91. The molecule has 2 rings (SSSR count). The van der Waals surface area contributed by atoms with Gasteiger partial charge in [0.15, 0.2) is 0 Å². The van der Waals surface area contributed by atoms with Crippen molar-refractivity contribution in [3.63, 3.8) is 0 Å². The van der Waals surface area contributed by atoms with E-state index in [9.17, 15) is 0 Å². The molecule has 0 spiro atoms. The van der Waals surface area contributed by atoms with Crippen LogP contribution in [0.5, 0.6) is 0 Å². The minimum Gasteiger partial charge on any atom is -0.338 e. The second-order valence-corrected chi connectivity index (χ2v) is 4.32. The van der Waals surface area contributed by atoms with E-state index in [1.165, 1.54) is 0 Å². The summed E-state index contributed by atoms with van der Waals surface area (Å²) < 4.78 is 0. The number of allylic oxidation sites excluding steroid dienone is 1. The van der Waals surface area contributed by atoms with Crippen LogP contribution >= 0.6 is 0 Å². The predicted octanol–water partition coefficient (Wildman–Crippen LogP) is 4.05. The summed E-state index contributed by atoms with van der Waals surface area (Å²) in [5, 5.41) is 1.16. The highest BCUT2D eigenvalue weighted by atomic mass is 14.9. The number of H-pyrrole nitrogens is 1. The largest absolute Gasteiger partial charge is 0.338 e. The summed E-state index contributed by atoms with van der Waals surface area (Å²) in [6.45, 7) is 9.88. The first-order valence-electron chi connectivity index (χ1n) is 5.79. The lowest BCUT2D eigenvalue weighted by atomic mass is 10.1. The Labute approximate surface area is 101 Å². The Bertz CT molecular complexity index is 576. The summed E-state index contributed by atoms with van der Waals surface area (Å²) >= 11 is 0. The van der Waals surface area contributed by atoms with Crippen LogP contribution in [0.25, 0.3) is 17.0 Å². The molecule has 3 heteroatoms. The number of aromatic nitrogens is 2. The van der Waals surface area contributed by atoms with Crippen LogP contribution < -0.4 is 0 Å². The van der Waals surface area contributed by atoms with Crippen LogP contribution in [-0.4, -0.2) is 16.7 Å². The number of fused-ring (bicyclic) bond motifs is 1. The molecule has 88 valence electrons. The maximum absolute atomic E-state index is 4.44. The average Bonchev–Trinajstić information content (AvgIpc) is 2.67. The normalized spacial score (nSPS) is 11.8. The number of nitrogens with zero attached hydrogens (tertiary/aromatic N) is 2. The summed E-state index contributed by atoms with van der Waals surface area (Å²) in [7, 11) is 0. The van der Waals surface area contributed by atoms with Gasteiger partial charge in [0, 0.05) is 17.1 Å². The van der Waals surface area contributed by atoms with Crippen LogP contribution in [0.15, 0.2) is 23.3 Å². The molecule has 17 heavy (non-hydrogen) atoms. The monoisotopic (exact) mass is 227 g/mol. The summed E-state index contributed by atoms with van der Waals surface area (Å²) in [6, 6.07) is 2.02. The van der Waals surface area contributed by atoms with Gasteiger partial charge < -0.3 is 4.98 Å². The van der Waals surface area contributed by atoms with E-state index in [2.05, 4.69) is 35.5 Å². The Kier molecular flexibility index (Phi) is 3.09. The first kappa shape index (κ1) is 11.6. The maximum Gasteiger partial charge on any atom is 0.137 e. The van der Waals surface area contributed by atoms with E-state index in [1.54, 1.807) is 0 Å². The van der Waals surface area contributed by atoms with Crippen LogP contribution in [0.2, 0.25) is 0 Å². The van der Waals surface area contributed by atoms with Crippen LogP contribution in [0.3, 0.4) is 0 Å². The number of hydrogen-bond donors (Lipinski definition) is 1. The summed E-state index contributed by atoms with van der Waals surface area (Å²) in [4.78, 5) is 11.8. The van der Waals surface area contributed by atoms with E-state index in [4.69, 9.17) is 0 Å². The van der Waals surface area contributed by atoms with Gasteiger partial charge in [0.05, 0.1) is 11.2 Å². The highest BCUT2D eigenvalue weighted by Gasteiger charge is 2.13. The minimum atomic E-state index is 0.383. The third-order valence-electron chi connectivity index (χ3n) is 2.81. The van der Waals surface area contributed by atoms with Crippen LogP contribution in [0, 0.1) is 0 Å². The molecule has 2 heterocycles. The third-order valence-corrected chi connectivity index (χ3v) is 2.81. The minimum absolute atomic E-state index is 0.383.